The molecule has 2 rings (SSSR count). The van der Waals surface area contributed by atoms with Crippen LogP contribution in [-0.2, 0) is 9.53 Å². The summed E-state index contributed by atoms with van der Waals surface area (Å²) in [5.41, 5.74) is 0.429. The van der Waals surface area contributed by atoms with Crippen molar-refractivity contribution in [2.75, 3.05) is 29.9 Å². The van der Waals surface area contributed by atoms with Crippen molar-refractivity contribution in [1.29, 1.82) is 0 Å². The second-order valence-electron chi connectivity index (χ2n) is 5.51. The number of rotatable bonds is 5. The Bertz CT molecular complexity index is 514. The van der Waals surface area contributed by atoms with Crippen LogP contribution in [0.15, 0.2) is 18.3 Å². The lowest BCUT2D eigenvalue weighted by atomic mass is 10.1. The third-order valence-electron chi connectivity index (χ3n) is 3.56. The molecule has 0 aromatic carbocycles. The van der Waals surface area contributed by atoms with E-state index in [-0.39, 0.29) is 0 Å². The first kappa shape index (κ1) is 17.5. The van der Waals surface area contributed by atoms with Gasteiger partial charge in [-0.05, 0) is 38.3 Å². The number of nitrogens with zero attached hydrogens (tertiary/aromatic N) is 2. The Morgan fingerprint density at radius 1 is 1.35 bits per heavy atom. The lowest BCUT2D eigenvalue weighted by Crippen LogP contribution is -2.32. The predicted molar refractivity (Wildman–Crippen MR) is 80.4 cm³/mol. The Balaban J connectivity index is 1.86. The van der Waals surface area contributed by atoms with Gasteiger partial charge in [0.2, 0.25) is 0 Å². The maximum Gasteiger partial charge on any atom is 0.411 e. The number of halogens is 3. The zero-order valence-corrected chi connectivity index (χ0v) is 12.9. The quantitative estimate of drug-likeness (QED) is 0.901. The zero-order valence-electron chi connectivity index (χ0n) is 12.9. The maximum absolute atomic E-state index is 12.1. The molecule has 0 unspecified atom stereocenters. The molecule has 1 aliphatic heterocycles. The summed E-state index contributed by atoms with van der Waals surface area (Å²) in [6.45, 7) is 1.74. The standard InChI is InChI=1S/C15H20F3N3O2/c1-11(23-10-15(16,17)18)14(22)20-12-5-6-13(19-9-12)21-7-3-2-4-8-21/h5-6,9,11H,2-4,7-8,10H2,1H3,(H,20,22)/t11-/m1/s1. The smallest absolute Gasteiger partial charge is 0.359 e. The highest BCUT2D eigenvalue weighted by molar-refractivity contribution is 5.93. The lowest BCUT2D eigenvalue weighted by molar-refractivity contribution is -0.184. The number of anilines is 2. The molecule has 1 aromatic rings. The predicted octanol–water partition coefficient (Wildman–Crippen LogP) is 2.98. The van der Waals surface area contributed by atoms with Crippen molar-refractivity contribution in [3.63, 3.8) is 0 Å². The number of carbonyl (C=O) groups is 1. The molecule has 1 fully saturated rings. The van der Waals surface area contributed by atoms with Gasteiger partial charge in [-0.3, -0.25) is 4.79 Å². The van der Waals surface area contributed by atoms with E-state index in [0.29, 0.717) is 5.69 Å². The van der Waals surface area contributed by atoms with Crippen LogP contribution in [0.5, 0.6) is 0 Å². The first-order valence-corrected chi connectivity index (χ1v) is 7.55. The lowest BCUT2D eigenvalue weighted by Gasteiger charge is -2.27. The van der Waals surface area contributed by atoms with Gasteiger partial charge in [-0.1, -0.05) is 0 Å². The van der Waals surface area contributed by atoms with Crippen molar-refractivity contribution >= 4 is 17.4 Å². The van der Waals surface area contributed by atoms with Crippen LogP contribution in [-0.4, -0.2) is 42.9 Å². The van der Waals surface area contributed by atoms with Crippen molar-refractivity contribution in [2.24, 2.45) is 0 Å². The molecule has 0 spiro atoms. The second-order valence-corrected chi connectivity index (χ2v) is 5.51. The van der Waals surface area contributed by atoms with Crippen molar-refractivity contribution in [1.82, 2.24) is 4.98 Å². The van der Waals surface area contributed by atoms with Crippen LogP contribution in [0.2, 0.25) is 0 Å². The number of alkyl halides is 3. The highest BCUT2D eigenvalue weighted by Crippen LogP contribution is 2.19. The van der Waals surface area contributed by atoms with Gasteiger partial charge in [-0.2, -0.15) is 13.2 Å². The Morgan fingerprint density at radius 2 is 2.04 bits per heavy atom. The first-order chi connectivity index (χ1) is 10.8. The fraction of sp³-hybridized carbons (Fsp3) is 0.600. The average Bonchev–Trinajstić information content (AvgIpc) is 2.53. The molecule has 128 valence electrons. The summed E-state index contributed by atoms with van der Waals surface area (Å²) in [5.74, 6) is 0.200. The van der Waals surface area contributed by atoms with E-state index in [1.165, 1.54) is 19.5 Å². The van der Waals surface area contributed by atoms with Gasteiger partial charge in [0.15, 0.2) is 0 Å². The maximum atomic E-state index is 12.1. The van der Waals surface area contributed by atoms with Crippen molar-refractivity contribution in [2.45, 2.75) is 38.5 Å². The molecule has 2 heterocycles. The molecule has 8 heteroatoms. The molecule has 0 bridgehead atoms. The van der Waals surface area contributed by atoms with Crippen LogP contribution in [0.25, 0.3) is 0 Å². The molecular weight excluding hydrogens is 311 g/mol. The largest absolute Gasteiger partial charge is 0.411 e. The topological polar surface area (TPSA) is 54.5 Å². The summed E-state index contributed by atoms with van der Waals surface area (Å²) in [4.78, 5) is 18.2. The molecule has 23 heavy (non-hydrogen) atoms. The fourth-order valence-electron chi connectivity index (χ4n) is 2.31. The minimum absolute atomic E-state index is 0.429. The zero-order chi connectivity index (χ0) is 16.9. The Kier molecular flexibility index (Phi) is 5.81. The van der Waals surface area contributed by atoms with Gasteiger partial charge in [0, 0.05) is 13.1 Å². The van der Waals surface area contributed by atoms with Gasteiger partial charge < -0.3 is 15.0 Å². The molecule has 1 aromatic heterocycles. The Morgan fingerprint density at radius 3 is 2.61 bits per heavy atom. The van der Waals surface area contributed by atoms with Gasteiger partial charge in [0.1, 0.15) is 18.5 Å². The molecule has 1 atom stereocenters. The molecule has 1 aliphatic rings. The SMILES string of the molecule is C[C@@H](OCC(F)(F)F)C(=O)Nc1ccc(N2CCCCC2)nc1. The van der Waals surface area contributed by atoms with Crippen molar-refractivity contribution in [3.05, 3.63) is 18.3 Å². The molecule has 1 N–H and O–H groups in total. The van der Waals surface area contributed by atoms with Crippen molar-refractivity contribution in [3.8, 4) is 0 Å². The summed E-state index contributed by atoms with van der Waals surface area (Å²) in [6.07, 6.45) is -0.661. The number of aromatic nitrogens is 1. The first-order valence-electron chi connectivity index (χ1n) is 7.55. The summed E-state index contributed by atoms with van der Waals surface area (Å²) in [5, 5.41) is 2.50. The monoisotopic (exact) mass is 331 g/mol. The number of pyridine rings is 1. The van der Waals surface area contributed by atoms with Crippen LogP contribution >= 0.6 is 0 Å². The second kappa shape index (κ2) is 7.63. The molecule has 1 amide bonds. The van der Waals surface area contributed by atoms with E-state index in [1.807, 2.05) is 0 Å². The van der Waals surface area contributed by atoms with E-state index in [0.717, 1.165) is 31.7 Å². The van der Waals surface area contributed by atoms with Crippen LogP contribution < -0.4 is 10.2 Å². The third-order valence-corrected chi connectivity index (χ3v) is 3.56. The molecule has 0 aliphatic carbocycles. The van der Waals surface area contributed by atoms with E-state index in [2.05, 4.69) is 19.9 Å². The normalized spacial score (nSPS) is 17.0. The highest BCUT2D eigenvalue weighted by atomic mass is 19.4. The summed E-state index contributed by atoms with van der Waals surface area (Å²) in [7, 11) is 0. The van der Waals surface area contributed by atoms with E-state index < -0.39 is 24.8 Å². The summed E-state index contributed by atoms with van der Waals surface area (Å²) < 4.78 is 40.7. The number of piperidine rings is 1. The van der Waals surface area contributed by atoms with Crippen LogP contribution in [0.1, 0.15) is 26.2 Å². The summed E-state index contributed by atoms with van der Waals surface area (Å²) >= 11 is 0. The average molecular weight is 331 g/mol. The third kappa shape index (κ3) is 5.70. The van der Waals surface area contributed by atoms with E-state index in [9.17, 15) is 18.0 Å². The number of amides is 1. The van der Waals surface area contributed by atoms with E-state index >= 15 is 0 Å². The number of carbonyl (C=O) groups excluding carboxylic acids is 1. The van der Waals surface area contributed by atoms with E-state index in [1.54, 1.807) is 12.1 Å². The fourth-order valence-corrected chi connectivity index (χ4v) is 2.31. The van der Waals surface area contributed by atoms with E-state index in [4.69, 9.17) is 0 Å². The van der Waals surface area contributed by atoms with Crippen molar-refractivity contribution < 1.29 is 22.7 Å². The van der Waals surface area contributed by atoms with Gasteiger partial charge in [-0.15, -0.1) is 0 Å². The molecular formula is C15H20F3N3O2. The van der Waals surface area contributed by atoms with Crippen LogP contribution in [0.3, 0.4) is 0 Å². The van der Waals surface area contributed by atoms with Crippen LogP contribution in [0, 0.1) is 0 Å². The summed E-state index contributed by atoms with van der Waals surface area (Å²) in [6, 6.07) is 3.48. The Hall–Kier alpha value is -1.83. The number of ether oxygens (including phenoxy) is 1. The minimum Gasteiger partial charge on any atom is -0.359 e. The van der Waals surface area contributed by atoms with Gasteiger partial charge in [-0.25, -0.2) is 4.98 Å². The number of nitrogens with one attached hydrogen (secondary N) is 1. The molecule has 0 radical (unpaired) electrons. The molecule has 0 saturated carbocycles. The Labute approximate surface area is 132 Å². The van der Waals surface area contributed by atoms with Crippen LogP contribution in [0.4, 0.5) is 24.7 Å². The molecule has 5 nitrogen and oxygen atoms in total. The number of hydrogen-bond donors (Lipinski definition) is 1. The minimum atomic E-state index is -4.45. The number of hydrogen-bond acceptors (Lipinski definition) is 4. The van der Waals surface area contributed by atoms with Gasteiger partial charge in [0.25, 0.3) is 5.91 Å². The highest BCUT2D eigenvalue weighted by Gasteiger charge is 2.29. The van der Waals surface area contributed by atoms with Gasteiger partial charge >= 0.3 is 6.18 Å². The molecule has 1 saturated heterocycles. The van der Waals surface area contributed by atoms with Gasteiger partial charge in [0.05, 0.1) is 11.9 Å².